The number of alkyl halides is 2. The summed E-state index contributed by atoms with van der Waals surface area (Å²) in [5.41, 5.74) is -1.12. The van der Waals surface area contributed by atoms with Gasteiger partial charge in [-0.1, -0.05) is 24.4 Å². The van der Waals surface area contributed by atoms with E-state index in [0.717, 1.165) is 43.3 Å². The van der Waals surface area contributed by atoms with Crippen molar-refractivity contribution in [3.63, 3.8) is 0 Å². The quantitative estimate of drug-likeness (QED) is 0.205. The van der Waals surface area contributed by atoms with E-state index < -0.39 is 52.9 Å². The summed E-state index contributed by atoms with van der Waals surface area (Å²) in [6.07, 6.45) is 2.93. The van der Waals surface area contributed by atoms with Crippen molar-refractivity contribution >= 4 is 29.2 Å². The van der Waals surface area contributed by atoms with Crippen molar-refractivity contribution in [2.24, 2.45) is 5.92 Å². The van der Waals surface area contributed by atoms with Gasteiger partial charge in [0.25, 0.3) is 0 Å². The van der Waals surface area contributed by atoms with Gasteiger partial charge in [0.1, 0.15) is 17.5 Å². The zero-order valence-electron chi connectivity index (χ0n) is 18.9. The summed E-state index contributed by atoms with van der Waals surface area (Å²) in [5.74, 6) is -5.54. The van der Waals surface area contributed by atoms with Crippen molar-refractivity contribution < 1.29 is 41.7 Å². The van der Waals surface area contributed by atoms with E-state index in [-0.39, 0.29) is 27.9 Å². The van der Waals surface area contributed by atoms with Crippen LogP contribution in [0.1, 0.15) is 41.2 Å². The van der Waals surface area contributed by atoms with Crippen molar-refractivity contribution in [2.75, 3.05) is 5.32 Å². The minimum atomic E-state index is -3.25. The maximum Gasteiger partial charge on any atom is 0.387 e. The topological polar surface area (TPSA) is 103 Å². The van der Waals surface area contributed by atoms with Crippen molar-refractivity contribution in [1.82, 2.24) is 0 Å². The standard InChI is InChI=1S/C25H19ClF4N2O5/c26-17-6-8-20(37-25(29)30)21(22(17)28)13-3-7-19(32(36)11-13)16(9-12-1-2-12)23(33)31-14-4-5-15(24(34)35)18(27)10-14/h3-8,10-12,16,25H,1-2,9H2,(H,31,33)(H,34,35)/t16-/m1/s1. The number of nitrogens with zero attached hydrogens (tertiary/aromatic N) is 1. The molecule has 37 heavy (non-hydrogen) atoms. The Bertz CT molecular complexity index is 1370. The lowest BCUT2D eigenvalue weighted by Crippen LogP contribution is -2.37. The Morgan fingerprint density at radius 2 is 1.89 bits per heavy atom. The number of carbonyl (C=O) groups is 2. The van der Waals surface area contributed by atoms with Gasteiger partial charge >= 0.3 is 12.6 Å². The smallest absolute Gasteiger partial charge is 0.387 e. The second-order valence-corrected chi connectivity index (χ2v) is 8.91. The van der Waals surface area contributed by atoms with Crippen LogP contribution < -0.4 is 14.8 Å². The lowest BCUT2D eigenvalue weighted by molar-refractivity contribution is -0.614. The van der Waals surface area contributed by atoms with E-state index in [1.54, 1.807) is 0 Å². The van der Waals surface area contributed by atoms with Gasteiger partial charge in [-0.05, 0) is 48.7 Å². The predicted octanol–water partition coefficient (Wildman–Crippen LogP) is 5.74. The number of hydrogen-bond acceptors (Lipinski definition) is 4. The molecule has 1 fully saturated rings. The molecule has 1 saturated carbocycles. The van der Waals surface area contributed by atoms with Crippen LogP contribution in [-0.2, 0) is 4.79 Å². The first-order valence-electron chi connectivity index (χ1n) is 11.0. The van der Waals surface area contributed by atoms with Crippen LogP contribution in [0.4, 0.5) is 23.2 Å². The van der Waals surface area contributed by atoms with Crippen molar-refractivity contribution in [3.8, 4) is 16.9 Å². The molecule has 1 heterocycles. The van der Waals surface area contributed by atoms with Gasteiger partial charge in [-0.3, -0.25) is 4.79 Å². The summed E-state index contributed by atoms with van der Waals surface area (Å²) in [6.45, 7) is -3.25. The number of rotatable bonds is 9. The normalized spacial score (nSPS) is 13.9. The number of carbonyl (C=O) groups excluding carboxylic acids is 1. The number of anilines is 1. The fourth-order valence-corrected chi connectivity index (χ4v) is 4.11. The molecule has 0 bridgehead atoms. The van der Waals surface area contributed by atoms with Gasteiger partial charge in [-0.25, -0.2) is 13.6 Å². The Morgan fingerprint density at radius 1 is 1.16 bits per heavy atom. The van der Waals surface area contributed by atoms with Gasteiger partial charge in [0, 0.05) is 11.8 Å². The van der Waals surface area contributed by atoms with Crippen molar-refractivity contribution in [3.05, 3.63) is 81.8 Å². The van der Waals surface area contributed by atoms with Crippen LogP contribution in [0.5, 0.6) is 5.75 Å². The van der Waals surface area contributed by atoms with Gasteiger partial charge in [0.2, 0.25) is 11.6 Å². The molecule has 7 nitrogen and oxygen atoms in total. The second kappa shape index (κ2) is 10.6. The van der Waals surface area contributed by atoms with Crippen LogP contribution >= 0.6 is 11.6 Å². The molecule has 2 aromatic carbocycles. The average molecular weight is 539 g/mol. The van der Waals surface area contributed by atoms with Gasteiger partial charge in [0.15, 0.2) is 12.0 Å². The third-order valence-electron chi connectivity index (χ3n) is 5.91. The predicted molar refractivity (Wildman–Crippen MR) is 125 cm³/mol. The Labute approximate surface area is 212 Å². The summed E-state index contributed by atoms with van der Waals surface area (Å²) in [7, 11) is 0. The molecule has 12 heteroatoms. The Morgan fingerprint density at radius 3 is 2.49 bits per heavy atom. The van der Waals surface area contributed by atoms with E-state index in [1.807, 2.05) is 0 Å². The van der Waals surface area contributed by atoms with Gasteiger partial charge in [0.05, 0.1) is 21.7 Å². The first kappa shape index (κ1) is 26.2. The molecule has 1 atom stereocenters. The number of amides is 1. The maximum absolute atomic E-state index is 14.8. The van der Waals surface area contributed by atoms with Crippen molar-refractivity contribution in [1.29, 1.82) is 0 Å². The third kappa shape index (κ3) is 5.93. The number of aromatic carboxylic acids is 1. The molecule has 0 aliphatic heterocycles. The lowest BCUT2D eigenvalue weighted by Gasteiger charge is -2.18. The van der Waals surface area contributed by atoms with Gasteiger partial charge in [-0.15, -0.1) is 0 Å². The van der Waals surface area contributed by atoms with Crippen LogP contribution in [0.15, 0.2) is 48.7 Å². The van der Waals surface area contributed by atoms with E-state index in [0.29, 0.717) is 11.2 Å². The highest BCUT2D eigenvalue weighted by atomic mass is 35.5. The third-order valence-corrected chi connectivity index (χ3v) is 6.20. The Kier molecular flexibility index (Phi) is 7.53. The van der Waals surface area contributed by atoms with Gasteiger partial charge in [-0.2, -0.15) is 13.5 Å². The molecule has 0 spiro atoms. The summed E-state index contributed by atoms with van der Waals surface area (Å²) >= 11 is 5.80. The molecule has 194 valence electrons. The van der Waals surface area contributed by atoms with E-state index in [4.69, 9.17) is 16.7 Å². The summed E-state index contributed by atoms with van der Waals surface area (Å²) in [5, 5.41) is 24.1. The van der Waals surface area contributed by atoms with Gasteiger partial charge < -0.3 is 20.4 Å². The SMILES string of the molecule is O=C(O)c1ccc(NC(=O)[C@H](CC2CC2)c2ccc(-c3c(OC(F)F)ccc(Cl)c3F)c[n+]2[O-])cc1F. The van der Waals surface area contributed by atoms with Crippen LogP contribution in [0.2, 0.25) is 5.02 Å². The molecular formula is C25H19ClF4N2O5. The number of nitrogens with one attached hydrogen (secondary N) is 1. The van der Waals surface area contributed by atoms with Crippen LogP contribution in [0.3, 0.4) is 0 Å². The monoisotopic (exact) mass is 538 g/mol. The highest BCUT2D eigenvalue weighted by Gasteiger charge is 2.35. The lowest BCUT2D eigenvalue weighted by atomic mass is 9.95. The van der Waals surface area contributed by atoms with E-state index in [1.165, 1.54) is 18.2 Å². The number of carboxylic acid groups (broad SMARTS) is 1. The number of hydrogen-bond donors (Lipinski definition) is 2. The molecule has 0 unspecified atom stereocenters. The Hall–Kier alpha value is -3.86. The minimum absolute atomic E-state index is 0.00264. The van der Waals surface area contributed by atoms with Crippen LogP contribution in [0.25, 0.3) is 11.1 Å². The molecule has 1 aliphatic carbocycles. The number of pyridine rings is 1. The fraction of sp³-hybridized carbons (Fsp3) is 0.240. The van der Waals surface area contributed by atoms with Crippen LogP contribution in [-0.4, -0.2) is 23.6 Å². The van der Waals surface area contributed by atoms with Crippen LogP contribution in [0, 0.1) is 22.8 Å². The molecule has 1 aromatic heterocycles. The number of ether oxygens (including phenoxy) is 1. The average Bonchev–Trinajstić information content (AvgIpc) is 3.64. The summed E-state index contributed by atoms with van der Waals surface area (Å²) < 4.78 is 59.2. The number of aromatic nitrogens is 1. The maximum atomic E-state index is 14.8. The highest BCUT2D eigenvalue weighted by molar-refractivity contribution is 6.31. The summed E-state index contributed by atoms with van der Waals surface area (Å²) in [6, 6.07) is 7.73. The Balaban J connectivity index is 1.66. The van der Waals surface area contributed by atoms with Crippen molar-refractivity contribution in [2.45, 2.75) is 31.8 Å². The first-order chi connectivity index (χ1) is 17.5. The number of halogens is 5. The molecular weight excluding hydrogens is 520 g/mol. The molecule has 2 N–H and O–H groups in total. The molecule has 3 aromatic rings. The zero-order valence-corrected chi connectivity index (χ0v) is 19.6. The molecule has 0 radical (unpaired) electrons. The highest BCUT2D eigenvalue weighted by Crippen LogP contribution is 2.40. The molecule has 1 aliphatic rings. The molecule has 1 amide bonds. The molecule has 4 rings (SSSR count). The van der Waals surface area contributed by atoms with E-state index in [9.17, 15) is 32.4 Å². The fourth-order valence-electron chi connectivity index (χ4n) is 3.95. The zero-order chi connectivity index (χ0) is 26.9. The molecule has 0 saturated heterocycles. The number of carboxylic acids is 1. The summed E-state index contributed by atoms with van der Waals surface area (Å²) in [4.78, 5) is 24.1. The second-order valence-electron chi connectivity index (χ2n) is 8.50. The minimum Gasteiger partial charge on any atom is -0.618 e. The first-order valence-corrected chi connectivity index (χ1v) is 11.4. The van der Waals surface area contributed by atoms with E-state index >= 15 is 0 Å². The largest absolute Gasteiger partial charge is 0.618 e. The number of benzene rings is 2. The van der Waals surface area contributed by atoms with E-state index in [2.05, 4.69) is 10.1 Å².